The Hall–Kier alpha value is -2.58. The normalized spacial score (nSPS) is 12.3. The van der Waals surface area contributed by atoms with E-state index in [-0.39, 0.29) is 37.4 Å². The molecule has 1 N–H and O–H groups in total. The Morgan fingerprint density at radius 2 is 1.72 bits per heavy atom. The van der Waals surface area contributed by atoms with Crippen LogP contribution < -0.4 is 9.62 Å². The first-order chi connectivity index (χ1) is 16.8. The highest BCUT2D eigenvalue weighted by Crippen LogP contribution is 2.23. The number of aryl methyl sites for hydroxylation is 2. The Morgan fingerprint density at radius 3 is 2.28 bits per heavy atom. The molecule has 0 aromatic heterocycles. The van der Waals surface area contributed by atoms with Crippen LogP contribution in [-0.2, 0) is 26.2 Å². The number of rotatable bonds is 12. The van der Waals surface area contributed by atoms with Crippen LogP contribution in [0.3, 0.4) is 0 Å². The maximum Gasteiger partial charge on any atom is 0.243 e. The van der Waals surface area contributed by atoms with Crippen LogP contribution in [0, 0.1) is 13.8 Å². The van der Waals surface area contributed by atoms with Crippen LogP contribution in [0.2, 0.25) is 5.02 Å². The van der Waals surface area contributed by atoms with Crippen molar-refractivity contribution in [2.24, 2.45) is 0 Å². The molecule has 9 heteroatoms. The maximum absolute atomic E-state index is 13.5. The van der Waals surface area contributed by atoms with Gasteiger partial charge in [-0.3, -0.25) is 13.9 Å². The van der Waals surface area contributed by atoms with Gasteiger partial charge in [0, 0.05) is 30.6 Å². The first-order valence-corrected chi connectivity index (χ1v) is 14.5. The molecule has 0 unspecified atom stereocenters. The zero-order valence-corrected chi connectivity index (χ0v) is 23.6. The number of carbonyl (C=O) groups excluding carboxylic acids is 2. The smallest absolute Gasteiger partial charge is 0.243 e. The van der Waals surface area contributed by atoms with Crippen LogP contribution in [-0.4, -0.2) is 50.0 Å². The van der Waals surface area contributed by atoms with E-state index < -0.39 is 16.1 Å². The highest BCUT2D eigenvalue weighted by atomic mass is 35.5. The molecule has 0 fully saturated rings. The van der Waals surface area contributed by atoms with E-state index in [2.05, 4.69) is 5.32 Å². The van der Waals surface area contributed by atoms with E-state index in [4.69, 9.17) is 11.6 Å². The lowest BCUT2D eigenvalue weighted by atomic mass is 10.1. The number of hydrogen-bond donors (Lipinski definition) is 1. The first kappa shape index (κ1) is 29.6. The van der Waals surface area contributed by atoms with Crippen molar-refractivity contribution >= 4 is 39.1 Å². The van der Waals surface area contributed by atoms with Crippen molar-refractivity contribution in [1.29, 1.82) is 0 Å². The summed E-state index contributed by atoms with van der Waals surface area (Å²) in [7, 11) is -3.54. The fourth-order valence-corrected chi connectivity index (χ4v) is 5.15. The standard InChI is InChI=1S/C27H38ClN3O4S/c1-7-25(27(33)29-19(2)3)30(18-22-11-8-9-12-24(22)28)26(32)13-10-16-31(36(6,34)35)23-15-14-20(4)21(5)17-23/h8-9,11-12,14-15,17,19,25H,7,10,13,16,18H2,1-6H3,(H,29,33)/t25-/m1/s1. The molecule has 0 radical (unpaired) electrons. The second kappa shape index (κ2) is 13.1. The van der Waals surface area contributed by atoms with Crippen molar-refractivity contribution in [1.82, 2.24) is 10.2 Å². The predicted molar refractivity (Wildman–Crippen MR) is 147 cm³/mol. The number of benzene rings is 2. The van der Waals surface area contributed by atoms with Gasteiger partial charge in [0.15, 0.2) is 0 Å². The van der Waals surface area contributed by atoms with Gasteiger partial charge in [-0.2, -0.15) is 0 Å². The largest absolute Gasteiger partial charge is 0.352 e. The molecule has 0 aliphatic heterocycles. The minimum Gasteiger partial charge on any atom is -0.352 e. The van der Waals surface area contributed by atoms with Crippen molar-refractivity contribution in [3.63, 3.8) is 0 Å². The molecule has 0 saturated heterocycles. The summed E-state index contributed by atoms with van der Waals surface area (Å²) in [5.74, 6) is -0.449. The number of nitrogens with one attached hydrogen (secondary N) is 1. The second-order valence-corrected chi connectivity index (χ2v) is 11.7. The molecule has 0 heterocycles. The van der Waals surface area contributed by atoms with E-state index in [1.807, 2.05) is 65.0 Å². The zero-order chi connectivity index (χ0) is 27.0. The molecule has 0 saturated carbocycles. The third-order valence-electron chi connectivity index (χ3n) is 6.05. The van der Waals surface area contributed by atoms with E-state index >= 15 is 0 Å². The summed E-state index contributed by atoms with van der Waals surface area (Å²) in [6.07, 6.45) is 2.00. The fraction of sp³-hybridized carbons (Fsp3) is 0.481. The molecule has 2 aromatic rings. The summed E-state index contributed by atoms with van der Waals surface area (Å²) < 4.78 is 26.4. The third-order valence-corrected chi connectivity index (χ3v) is 7.61. The lowest BCUT2D eigenvalue weighted by molar-refractivity contribution is -0.141. The van der Waals surface area contributed by atoms with Gasteiger partial charge in [0.1, 0.15) is 6.04 Å². The quantitative estimate of drug-likeness (QED) is 0.421. The average molecular weight is 536 g/mol. The minimum absolute atomic E-state index is 0.0647. The highest BCUT2D eigenvalue weighted by molar-refractivity contribution is 7.92. The summed E-state index contributed by atoms with van der Waals surface area (Å²) >= 11 is 6.36. The van der Waals surface area contributed by atoms with Crippen LogP contribution in [0.15, 0.2) is 42.5 Å². The molecule has 2 amide bonds. The van der Waals surface area contributed by atoms with Crippen LogP contribution in [0.25, 0.3) is 0 Å². The van der Waals surface area contributed by atoms with E-state index in [1.165, 1.54) is 4.31 Å². The van der Waals surface area contributed by atoms with Crippen LogP contribution in [0.4, 0.5) is 5.69 Å². The Labute approximate surface area is 220 Å². The van der Waals surface area contributed by atoms with Crippen molar-refractivity contribution < 1.29 is 18.0 Å². The second-order valence-electron chi connectivity index (χ2n) is 9.41. The van der Waals surface area contributed by atoms with Crippen LogP contribution >= 0.6 is 11.6 Å². The molecular formula is C27H38ClN3O4S. The van der Waals surface area contributed by atoms with Gasteiger partial charge in [0.25, 0.3) is 0 Å². The zero-order valence-electron chi connectivity index (χ0n) is 22.0. The number of amides is 2. The van der Waals surface area contributed by atoms with Gasteiger partial charge < -0.3 is 10.2 Å². The van der Waals surface area contributed by atoms with E-state index in [0.717, 1.165) is 22.9 Å². The Bertz CT molecular complexity index is 1170. The van der Waals surface area contributed by atoms with Gasteiger partial charge in [-0.05, 0) is 75.4 Å². The van der Waals surface area contributed by atoms with E-state index in [9.17, 15) is 18.0 Å². The minimum atomic E-state index is -3.54. The molecule has 0 spiro atoms. The third kappa shape index (κ3) is 8.23. The number of hydrogen-bond acceptors (Lipinski definition) is 4. The number of carbonyl (C=O) groups is 2. The molecular weight excluding hydrogens is 498 g/mol. The van der Waals surface area contributed by atoms with Crippen molar-refractivity contribution in [3.05, 3.63) is 64.2 Å². The lowest BCUT2D eigenvalue weighted by Crippen LogP contribution is -2.50. The number of anilines is 1. The van der Waals surface area contributed by atoms with Gasteiger partial charge in [-0.1, -0.05) is 42.8 Å². The monoisotopic (exact) mass is 535 g/mol. The van der Waals surface area contributed by atoms with Crippen molar-refractivity contribution in [2.45, 2.75) is 72.5 Å². The number of sulfonamides is 1. The molecule has 1 atom stereocenters. The summed E-state index contributed by atoms with van der Waals surface area (Å²) in [5, 5.41) is 3.42. The van der Waals surface area contributed by atoms with E-state index in [1.54, 1.807) is 17.0 Å². The lowest BCUT2D eigenvalue weighted by Gasteiger charge is -2.32. The van der Waals surface area contributed by atoms with Gasteiger partial charge in [0.05, 0.1) is 11.9 Å². The van der Waals surface area contributed by atoms with Gasteiger partial charge >= 0.3 is 0 Å². The van der Waals surface area contributed by atoms with Crippen molar-refractivity contribution in [3.8, 4) is 0 Å². The Kier molecular flexibility index (Phi) is 10.8. The molecule has 0 bridgehead atoms. The maximum atomic E-state index is 13.5. The number of nitrogens with zero attached hydrogens (tertiary/aromatic N) is 2. The number of halogens is 1. The first-order valence-electron chi connectivity index (χ1n) is 12.2. The predicted octanol–water partition coefficient (Wildman–Crippen LogP) is 4.84. The van der Waals surface area contributed by atoms with E-state index in [0.29, 0.717) is 23.6 Å². The molecule has 2 rings (SSSR count). The average Bonchev–Trinajstić information content (AvgIpc) is 2.78. The molecule has 198 valence electrons. The van der Waals surface area contributed by atoms with Crippen LogP contribution in [0.5, 0.6) is 0 Å². The Morgan fingerprint density at radius 1 is 1.06 bits per heavy atom. The Balaban J connectivity index is 2.24. The topological polar surface area (TPSA) is 86.8 Å². The SMILES string of the molecule is CC[C@H](C(=O)NC(C)C)N(Cc1ccccc1Cl)C(=O)CCCN(c1ccc(C)c(C)c1)S(C)(=O)=O. The fourth-order valence-electron chi connectivity index (χ4n) is 3.99. The van der Waals surface area contributed by atoms with Crippen molar-refractivity contribution in [2.75, 3.05) is 17.1 Å². The molecule has 7 nitrogen and oxygen atoms in total. The summed E-state index contributed by atoms with van der Waals surface area (Å²) in [4.78, 5) is 27.9. The molecule has 2 aromatic carbocycles. The molecule has 0 aliphatic rings. The summed E-state index contributed by atoms with van der Waals surface area (Å²) in [5.41, 5.74) is 3.38. The van der Waals surface area contributed by atoms with Gasteiger partial charge in [-0.15, -0.1) is 0 Å². The van der Waals surface area contributed by atoms with Gasteiger partial charge in [-0.25, -0.2) is 8.42 Å². The molecule has 36 heavy (non-hydrogen) atoms. The summed E-state index contributed by atoms with van der Waals surface area (Å²) in [6.45, 7) is 9.85. The van der Waals surface area contributed by atoms with Gasteiger partial charge in [0.2, 0.25) is 21.8 Å². The molecule has 0 aliphatic carbocycles. The highest BCUT2D eigenvalue weighted by Gasteiger charge is 2.29. The van der Waals surface area contributed by atoms with Crippen LogP contribution in [0.1, 0.15) is 56.7 Å². The summed E-state index contributed by atoms with van der Waals surface area (Å²) in [6, 6.07) is 12.0.